The van der Waals surface area contributed by atoms with Crippen molar-refractivity contribution in [2.45, 2.75) is 18.6 Å². The van der Waals surface area contributed by atoms with Gasteiger partial charge in [-0.3, -0.25) is 19.2 Å². The van der Waals surface area contributed by atoms with Crippen molar-refractivity contribution in [1.82, 2.24) is 20.1 Å². The van der Waals surface area contributed by atoms with E-state index in [4.69, 9.17) is 11.6 Å². The van der Waals surface area contributed by atoms with Crippen LogP contribution in [0, 0.1) is 11.6 Å². The van der Waals surface area contributed by atoms with Crippen LogP contribution in [0.1, 0.15) is 38.7 Å². The maximum atomic E-state index is 13.8. The highest BCUT2D eigenvalue weighted by Gasteiger charge is 2.44. The summed E-state index contributed by atoms with van der Waals surface area (Å²) in [6, 6.07) is 11.5. The van der Waals surface area contributed by atoms with Gasteiger partial charge in [0, 0.05) is 24.8 Å². The van der Waals surface area contributed by atoms with Crippen molar-refractivity contribution in [3.05, 3.63) is 100 Å². The second-order valence-corrected chi connectivity index (χ2v) is 8.85. The molecule has 1 aliphatic heterocycles. The lowest BCUT2D eigenvalue weighted by Crippen LogP contribution is -2.54. The fourth-order valence-electron chi connectivity index (χ4n) is 4.16. The van der Waals surface area contributed by atoms with Crippen LogP contribution in [-0.2, 0) is 9.59 Å². The number of aliphatic carboxylic acids is 1. The van der Waals surface area contributed by atoms with Gasteiger partial charge in [0.25, 0.3) is 17.7 Å². The van der Waals surface area contributed by atoms with Crippen LogP contribution in [0.4, 0.5) is 8.78 Å². The first-order valence-corrected chi connectivity index (χ1v) is 11.8. The molecule has 2 unspecified atom stereocenters. The summed E-state index contributed by atoms with van der Waals surface area (Å²) < 4.78 is 27.3. The summed E-state index contributed by atoms with van der Waals surface area (Å²) in [7, 11) is 0. The molecule has 38 heavy (non-hydrogen) atoms. The summed E-state index contributed by atoms with van der Waals surface area (Å²) >= 11 is 5.81. The number of carboxylic acid groups (broad SMARTS) is 1. The highest BCUT2D eigenvalue weighted by molar-refractivity contribution is 6.29. The minimum Gasteiger partial charge on any atom is -0.481 e. The van der Waals surface area contributed by atoms with E-state index in [1.807, 2.05) is 0 Å². The van der Waals surface area contributed by atoms with Gasteiger partial charge in [0.2, 0.25) is 0 Å². The Morgan fingerprint density at radius 1 is 0.947 bits per heavy atom. The molecule has 0 bridgehead atoms. The summed E-state index contributed by atoms with van der Waals surface area (Å²) in [5, 5.41) is 12.1. The lowest BCUT2D eigenvalue weighted by Gasteiger charge is -2.31. The number of pyridine rings is 1. The second kappa shape index (κ2) is 11.3. The number of hydrogen-bond donors (Lipinski definition) is 2. The third kappa shape index (κ3) is 5.94. The zero-order chi connectivity index (χ0) is 27.4. The average molecular weight is 543 g/mol. The first-order valence-electron chi connectivity index (χ1n) is 11.4. The van der Waals surface area contributed by atoms with Gasteiger partial charge >= 0.3 is 5.97 Å². The van der Waals surface area contributed by atoms with Gasteiger partial charge in [-0.2, -0.15) is 0 Å². The third-order valence-corrected chi connectivity index (χ3v) is 6.17. The number of halogens is 3. The summed E-state index contributed by atoms with van der Waals surface area (Å²) in [5.41, 5.74) is 0.377. The highest BCUT2D eigenvalue weighted by Crippen LogP contribution is 2.24. The van der Waals surface area contributed by atoms with E-state index in [0.29, 0.717) is 5.56 Å². The van der Waals surface area contributed by atoms with E-state index in [9.17, 15) is 33.1 Å². The molecule has 0 saturated carbocycles. The zero-order valence-corrected chi connectivity index (χ0v) is 20.4. The third-order valence-electron chi connectivity index (χ3n) is 5.94. The Labute approximate surface area is 220 Å². The maximum absolute atomic E-state index is 13.8. The van der Waals surface area contributed by atoms with Crippen molar-refractivity contribution in [2.24, 2.45) is 0 Å². The monoisotopic (exact) mass is 542 g/mol. The average Bonchev–Trinajstić information content (AvgIpc) is 3.33. The molecule has 0 aliphatic carbocycles. The van der Waals surface area contributed by atoms with E-state index < -0.39 is 54.0 Å². The number of hydrogen-bond acceptors (Lipinski definition) is 5. The molecule has 1 saturated heterocycles. The first kappa shape index (κ1) is 26.7. The van der Waals surface area contributed by atoms with Gasteiger partial charge < -0.3 is 20.2 Å². The van der Waals surface area contributed by atoms with Gasteiger partial charge in [0.1, 0.15) is 16.8 Å². The Balaban J connectivity index is 1.68. The topological polar surface area (TPSA) is 120 Å². The Hall–Kier alpha value is -4.38. The minimum absolute atomic E-state index is 0.0362. The van der Waals surface area contributed by atoms with Crippen molar-refractivity contribution >= 4 is 35.3 Å². The predicted molar refractivity (Wildman–Crippen MR) is 131 cm³/mol. The molecule has 2 atom stereocenters. The van der Waals surface area contributed by atoms with Crippen molar-refractivity contribution in [2.75, 3.05) is 13.1 Å². The van der Waals surface area contributed by atoms with E-state index in [0.717, 1.165) is 34.1 Å². The molecular formula is C26H21ClF2N4O5. The molecule has 4 rings (SSSR count). The molecule has 9 nitrogen and oxygen atoms in total. The van der Waals surface area contributed by atoms with Gasteiger partial charge in [0.05, 0.1) is 18.0 Å². The molecule has 2 aromatic carbocycles. The van der Waals surface area contributed by atoms with Gasteiger partial charge in [-0.25, -0.2) is 13.8 Å². The Morgan fingerprint density at radius 2 is 1.61 bits per heavy atom. The molecule has 12 heteroatoms. The largest absolute Gasteiger partial charge is 0.481 e. The van der Waals surface area contributed by atoms with Crippen LogP contribution in [-0.4, -0.2) is 62.8 Å². The van der Waals surface area contributed by atoms with Gasteiger partial charge in [-0.15, -0.1) is 0 Å². The fourth-order valence-corrected chi connectivity index (χ4v) is 4.27. The van der Waals surface area contributed by atoms with Crippen LogP contribution >= 0.6 is 11.6 Å². The van der Waals surface area contributed by atoms with Crippen molar-refractivity contribution in [3.63, 3.8) is 0 Å². The maximum Gasteiger partial charge on any atom is 0.305 e. The second-order valence-electron chi connectivity index (χ2n) is 8.46. The molecule has 3 aromatic rings. The number of rotatable bonds is 7. The lowest BCUT2D eigenvalue weighted by atomic mass is 10.0. The number of carbonyl (C=O) groups is 4. The molecule has 3 amide bonds. The Bertz CT molecular complexity index is 1370. The number of benzene rings is 2. The molecule has 0 spiro atoms. The van der Waals surface area contributed by atoms with Crippen LogP contribution in [0.3, 0.4) is 0 Å². The van der Waals surface area contributed by atoms with Gasteiger partial charge in [-0.05, 0) is 48.0 Å². The number of aromatic nitrogens is 1. The molecule has 0 radical (unpaired) electrons. The highest BCUT2D eigenvalue weighted by atomic mass is 35.5. The SMILES string of the molecule is O=C(O)CC(NC(=O)C1N(C(=O)c2ccc(Cl)nc2)CCN1C(=O)c1cccc(F)c1)c1ccc(F)cc1. The van der Waals surface area contributed by atoms with Crippen LogP contribution in [0.2, 0.25) is 5.15 Å². The van der Waals surface area contributed by atoms with E-state index in [1.165, 1.54) is 42.6 Å². The standard InChI is InChI=1S/C26H21ClF2N4O5/c27-21-9-6-17(14-30-21)26(38)33-11-10-32(25(37)16-2-1-3-19(29)12-16)24(33)23(36)31-20(13-22(34)35)15-4-7-18(28)8-5-15/h1-9,12,14,20,24H,10-11,13H2,(H,31,36)(H,34,35). The summed E-state index contributed by atoms with van der Waals surface area (Å²) in [4.78, 5) is 57.9. The normalized spacial score (nSPS) is 15.7. The van der Waals surface area contributed by atoms with E-state index in [-0.39, 0.29) is 29.4 Å². The Morgan fingerprint density at radius 3 is 2.18 bits per heavy atom. The van der Waals surface area contributed by atoms with Crippen molar-refractivity contribution < 1.29 is 33.1 Å². The molecule has 1 aliphatic rings. The van der Waals surface area contributed by atoms with Gasteiger partial charge in [0.15, 0.2) is 6.17 Å². The molecule has 1 fully saturated rings. The zero-order valence-electron chi connectivity index (χ0n) is 19.7. The minimum atomic E-state index is -1.49. The Kier molecular flexibility index (Phi) is 7.96. The quantitative estimate of drug-likeness (QED) is 0.442. The number of nitrogens with one attached hydrogen (secondary N) is 1. The molecule has 196 valence electrons. The number of carbonyl (C=O) groups excluding carboxylic acids is 3. The smallest absolute Gasteiger partial charge is 0.305 e. The summed E-state index contributed by atoms with van der Waals surface area (Å²) in [6.07, 6.45) is -0.815. The van der Waals surface area contributed by atoms with Crippen LogP contribution in [0.15, 0.2) is 66.9 Å². The predicted octanol–water partition coefficient (Wildman–Crippen LogP) is 3.27. The van der Waals surface area contributed by atoms with Crippen LogP contribution in [0.25, 0.3) is 0 Å². The summed E-state index contributed by atoms with van der Waals surface area (Å²) in [6.45, 7) is -0.0961. The first-order chi connectivity index (χ1) is 18.1. The fraction of sp³-hybridized carbons (Fsp3) is 0.192. The van der Waals surface area contributed by atoms with Crippen LogP contribution in [0.5, 0.6) is 0 Å². The number of carboxylic acids is 1. The van der Waals surface area contributed by atoms with Crippen molar-refractivity contribution in [3.8, 4) is 0 Å². The molecule has 2 N–H and O–H groups in total. The van der Waals surface area contributed by atoms with E-state index in [1.54, 1.807) is 0 Å². The molecular weight excluding hydrogens is 522 g/mol. The van der Waals surface area contributed by atoms with E-state index in [2.05, 4.69) is 10.3 Å². The number of amides is 3. The molecule has 2 heterocycles. The summed E-state index contributed by atoms with van der Waals surface area (Å²) in [5.74, 6) is -4.62. The molecule has 1 aromatic heterocycles. The van der Waals surface area contributed by atoms with Crippen molar-refractivity contribution in [1.29, 1.82) is 0 Å². The van der Waals surface area contributed by atoms with E-state index >= 15 is 0 Å². The number of nitrogens with zero attached hydrogens (tertiary/aromatic N) is 3. The van der Waals surface area contributed by atoms with Crippen LogP contribution < -0.4 is 5.32 Å². The lowest BCUT2D eigenvalue weighted by molar-refractivity contribution is -0.138. The van der Waals surface area contributed by atoms with Gasteiger partial charge in [-0.1, -0.05) is 29.8 Å².